The smallest absolute Gasteiger partial charge is 0.312 e. The van der Waals surface area contributed by atoms with E-state index < -0.39 is 15.9 Å². The maximum atomic E-state index is 12.1. The Morgan fingerprint density at radius 3 is 2.83 bits per heavy atom. The second-order valence-electron chi connectivity index (χ2n) is 6.13. The van der Waals surface area contributed by atoms with Gasteiger partial charge in [-0.05, 0) is 37.0 Å². The zero-order chi connectivity index (χ0) is 13.0. The summed E-state index contributed by atoms with van der Waals surface area (Å²) < 4.78 is 34.8. The predicted octanol–water partition coefficient (Wildman–Crippen LogP) is 1.39. The van der Waals surface area contributed by atoms with Crippen molar-refractivity contribution in [2.24, 2.45) is 16.7 Å². The fraction of sp³-hybridized carbons (Fsp3) is 0.917. The minimum Gasteiger partial charge on any atom is -0.464 e. The number of hydrogen-bond acceptors (Lipinski definition) is 4. The van der Waals surface area contributed by atoms with Crippen LogP contribution in [0.2, 0.25) is 0 Å². The van der Waals surface area contributed by atoms with Crippen molar-refractivity contribution >= 4 is 16.1 Å². The molecule has 3 rings (SSSR count). The van der Waals surface area contributed by atoms with Crippen molar-refractivity contribution in [2.45, 2.75) is 38.5 Å². The molecular formula is C12H18O5S. The van der Waals surface area contributed by atoms with Crippen LogP contribution in [0.3, 0.4) is 0 Å². The van der Waals surface area contributed by atoms with Gasteiger partial charge in [-0.15, -0.1) is 0 Å². The first kappa shape index (κ1) is 12.4. The minimum absolute atomic E-state index is 0.172. The molecular weight excluding hydrogens is 256 g/mol. The van der Waals surface area contributed by atoms with E-state index in [0.717, 1.165) is 25.7 Å². The van der Waals surface area contributed by atoms with E-state index >= 15 is 0 Å². The number of fused-ring (bicyclic) bond motifs is 1. The van der Waals surface area contributed by atoms with Crippen LogP contribution in [0.25, 0.3) is 0 Å². The topological polar surface area (TPSA) is 80.7 Å². The zero-order valence-electron chi connectivity index (χ0n) is 10.2. The Bertz CT molecular complexity index is 485. The van der Waals surface area contributed by atoms with Crippen LogP contribution in [0.4, 0.5) is 0 Å². The van der Waals surface area contributed by atoms with Crippen molar-refractivity contribution in [3.8, 4) is 0 Å². The molecule has 0 heterocycles. The molecule has 3 aliphatic rings. The molecule has 18 heavy (non-hydrogen) atoms. The monoisotopic (exact) mass is 274 g/mol. The molecule has 3 fully saturated rings. The van der Waals surface area contributed by atoms with Crippen LogP contribution in [-0.4, -0.2) is 31.3 Å². The molecule has 3 aliphatic carbocycles. The summed E-state index contributed by atoms with van der Waals surface area (Å²) in [5.41, 5.74) is -0.140. The Kier molecular flexibility index (Phi) is 2.55. The summed E-state index contributed by atoms with van der Waals surface area (Å²) in [6.45, 7) is -0.236. The van der Waals surface area contributed by atoms with E-state index in [4.69, 9.17) is 9.29 Å². The Hall–Kier alpha value is -0.620. The Morgan fingerprint density at radius 2 is 2.17 bits per heavy atom. The van der Waals surface area contributed by atoms with Gasteiger partial charge in [-0.1, -0.05) is 12.8 Å². The van der Waals surface area contributed by atoms with Crippen LogP contribution in [-0.2, 0) is 19.6 Å². The van der Waals surface area contributed by atoms with Gasteiger partial charge in [-0.3, -0.25) is 9.35 Å². The summed E-state index contributed by atoms with van der Waals surface area (Å²) in [5.74, 6) is -0.0946. The number of carbonyl (C=O) groups excluding carboxylic acids is 1. The van der Waals surface area contributed by atoms with Crippen LogP contribution in [0.1, 0.15) is 38.5 Å². The van der Waals surface area contributed by atoms with Gasteiger partial charge in [0.2, 0.25) is 0 Å². The lowest BCUT2D eigenvalue weighted by Gasteiger charge is -2.22. The lowest BCUT2D eigenvalue weighted by Crippen LogP contribution is -2.24. The minimum atomic E-state index is -4.05. The average molecular weight is 274 g/mol. The van der Waals surface area contributed by atoms with E-state index in [1.54, 1.807) is 0 Å². The summed E-state index contributed by atoms with van der Waals surface area (Å²) in [6, 6.07) is 0. The summed E-state index contributed by atoms with van der Waals surface area (Å²) in [5, 5.41) is 0. The van der Waals surface area contributed by atoms with Crippen molar-refractivity contribution in [3.05, 3.63) is 0 Å². The van der Waals surface area contributed by atoms with E-state index in [9.17, 15) is 13.2 Å². The standard InChI is InChI=1S/C12H18O5S/c13-10(17-4-5-18(14,15)16)12-7-9-2-1-3-11(12,6-9)8-12/h9H,1-8H2,(H,14,15,16). The molecule has 0 saturated heterocycles. The van der Waals surface area contributed by atoms with Crippen LogP contribution < -0.4 is 0 Å². The summed E-state index contributed by atoms with van der Waals surface area (Å²) in [6.07, 6.45) is 6.49. The molecule has 0 radical (unpaired) electrons. The third kappa shape index (κ3) is 1.77. The molecule has 0 aliphatic heterocycles. The number of rotatable bonds is 4. The maximum absolute atomic E-state index is 12.1. The second-order valence-corrected chi connectivity index (χ2v) is 7.70. The van der Waals surface area contributed by atoms with Crippen molar-refractivity contribution in [2.75, 3.05) is 12.4 Å². The molecule has 2 bridgehead atoms. The van der Waals surface area contributed by atoms with Gasteiger partial charge in [0.25, 0.3) is 10.1 Å². The van der Waals surface area contributed by atoms with Crippen molar-refractivity contribution < 1.29 is 22.5 Å². The van der Waals surface area contributed by atoms with Gasteiger partial charge in [-0.2, -0.15) is 8.42 Å². The summed E-state index contributed by atoms with van der Waals surface area (Å²) >= 11 is 0. The number of carbonyl (C=O) groups is 1. The molecule has 102 valence electrons. The van der Waals surface area contributed by atoms with E-state index in [0.29, 0.717) is 5.92 Å². The van der Waals surface area contributed by atoms with Gasteiger partial charge in [0, 0.05) is 0 Å². The fourth-order valence-corrected chi connectivity index (χ4v) is 4.61. The third-order valence-electron chi connectivity index (χ3n) is 5.08. The van der Waals surface area contributed by atoms with Crippen molar-refractivity contribution in [3.63, 3.8) is 0 Å². The number of ether oxygens (including phenoxy) is 1. The SMILES string of the molecule is O=C(OCCS(=O)(=O)O)C12CC3CCCC1(C3)C2. The number of esters is 1. The van der Waals surface area contributed by atoms with Gasteiger partial charge in [0.15, 0.2) is 0 Å². The quantitative estimate of drug-likeness (QED) is 0.619. The lowest BCUT2D eigenvalue weighted by atomic mass is 9.83. The zero-order valence-corrected chi connectivity index (χ0v) is 11.0. The molecule has 3 saturated carbocycles. The number of hydrogen-bond donors (Lipinski definition) is 1. The van der Waals surface area contributed by atoms with Gasteiger partial charge >= 0.3 is 5.97 Å². The van der Waals surface area contributed by atoms with E-state index in [2.05, 4.69) is 0 Å². The predicted molar refractivity (Wildman–Crippen MR) is 63.4 cm³/mol. The lowest BCUT2D eigenvalue weighted by molar-refractivity contribution is -0.150. The molecule has 0 aromatic rings. The van der Waals surface area contributed by atoms with Crippen LogP contribution in [0.15, 0.2) is 0 Å². The van der Waals surface area contributed by atoms with E-state index in [-0.39, 0.29) is 23.4 Å². The third-order valence-corrected chi connectivity index (χ3v) is 5.76. The first-order chi connectivity index (χ1) is 8.37. The fourth-order valence-electron chi connectivity index (χ4n) is 4.32. The largest absolute Gasteiger partial charge is 0.464 e. The maximum Gasteiger partial charge on any atom is 0.312 e. The van der Waals surface area contributed by atoms with Gasteiger partial charge in [0.05, 0.1) is 5.41 Å². The highest BCUT2D eigenvalue weighted by Crippen LogP contribution is 2.79. The highest BCUT2D eigenvalue weighted by molar-refractivity contribution is 7.85. The highest BCUT2D eigenvalue weighted by Gasteiger charge is 2.76. The molecule has 3 unspecified atom stereocenters. The molecule has 0 amide bonds. The molecule has 1 N–H and O–H groups in total. The summed E-state index contributed by atoms with van der Waals surface area (Å²) in [7, 11) is -4.05. The Labute approximate surface area is 107 Å². The van der Waals surface area contributed by atoms with Gasteiger partial charge < -0.3 is 4.74 Å². The Balaban J connectivity index is 1.61. The van der Waals surface area contributed by atoms with Crippen LogP contribution >= 0.6 is 0 Å². The van der Waals surface area contributed by atoms with Crippen LogP contribution in [0, 0.1) is 16.7 Å². The van der Waals surface area contributed by atoms with Crippen molar-refractivity contribution in [1.82, 2.24) is 0 Å². The first-order valence-electron chi connectivity index (χ1n) is 6.49. The molecule has 1 spiro atoms. The summed E-state index contributed by atoms with van der Waals surface area (Å²) in [4.78, 5) is 12.1. The molecule has 6 heteroatoms. The molecule has 0 aromatic heterocycles. The molecule has 5 nitrogen and oxygen atoms in total. The molecule has 0 aromatic carbocycles. The highest BCUT2D eigenvalue weighted by atomic mass is 32.2. The first-order valence-corrected chi connectivity index (χ1v) is 8.10. The van der Waals surface area contributed by atoms with Crippen molar-refractivity contribution in [1.29, 1.82) is 0 Å². The second kappa shape index (κ2) is 3.70. The van der Waals surface area contributed by atoms with Gasteiger partial charge in [-0.25, -0.2) is 0 Å². The average Bonchev–Trinajstić information content (AvgIpc) is 2.77. The normalized spacial score (nSPS) is 41.3. The van der Waals surface area contributed by atoms with E-state index in [1.807, 2.05) is 0 Å². The molecule has 3 atom stereocenters. The van der Waals surface area contributed by atoms with Gasteiger partial charge in [0.1, 0.15) is 12.4 Å². The van der Waals surface area contributed by atoms with E-state index in [1.165, 1.54) is 12.8 Å². The van der Waals surface area contributed by atoms with Crippen LogP contribution in [0.5, 0.6) is 0 Å². The Morgan fingerprint density at radius 1 is 1.39 bits per heavy atom.